The molecular formula is C12H24N4S. The van der Waals surface area contributed by atoms with Crippen LogP contribution in [0.3, 0.4) is 0 Å². The van der Waals surface area contributed by atoms with Crippen LogP contribution in [0.4, 0.5) is 11.5 Å². The van der Waals surface area contributed by atoms with Crippen molar-refractivity contribution in [3.8, 4) is 0 Å². The molecular weight excluding hydrogens is 232 g/mol. The number of hydrogen-bond acceptors (Lipinski definition) is 4. The maximum atomic E-state index is 6.08. The molecule has 0 amide bonds. The molecule has 1 aromatic rings. The Morgan fingerprint density at radius 2 is 2.18 bits per heavy atom. The zero-order valence-corrected chi connectivity index (χ0v) is 12.1. The van der Waals surface area contributed by atoms with Crippen molar-refractivity contribution in [2.75, 3.05) is 23.1 Å². The van der Waals surface area contributed by atoms with Gasteiger partial charge in [0.2, 0.25) is 0 Å². The van der Waals surface area contributed by atoms with Gasteiger partial charge in [-0.15, -0.1) is 0 Å². The van der Waals surface area contributed by atoms with Crippen molar-refractivity contribution in [3.05, 3.63) is 5.69 Å². The van der Waals surface area contributed by atoms with Crippen LogP contribution in [0.5, 0.6) is 0 Å². The lowest BCUT2D eigenvalue weighted by molar-refractivity contribution is 0.597. The summed E-state index contributed by atoms with van der Waals surface area (Å²) < 4.78 is 1.99. The molecule has 1 unspecified atom stereocenters. The monoisotopic (exact) mass is 256 g/mol. The van der Waals surface area contributed by atoms with E-state index >= 15 is 0 Å². The first-order valence-corrected chi connectivity index (χ1v) is 7.61. The topological polar surface area (TPSA) is 55.9 Å². The lowest BCUT2D eigenvalue weighted by Gasteiger charge is -2.18. The third-order valence-corrected chi connectivity index (χ3v) is 3.55. The number of aryl methyl sites for hydroxylation is 2. The summed E-state index contributed by atoms with van der Waals surface area (Å²) in [5, 5.41) is 8.00. The van der Waals surface area contributed by atoms with Gasteiger partial charge in [-0.05, 0) is 26.0 Å². The first kappa shape index (κ1) is 14.2. The van der Waals surface area contributed by atoms with E-state index in [2.05, 4.69) is 30.5 Å². The van der Waals surface area contributed by atoms with Crippen LogP contribution in [-0.2, 0) is 6.54 Å². The van der Waals surface area contributed by atoms with Crippen LogP contribution in [0.25, 0.3) is 0 Å². The van der Waals surface area contributed by atoms with Crippen LogP contribution in [0.15, 0.2) is 0 Å². The van der Waals surface area contributed by atoms with Gasteiger partial charge >= 0.3 is 0 Å². The van der Waals surface area contributed by atoms with Gasteiger partial charge in [-0.2, -0.15) is 16.9 Å². The van der Waals surface area contributed by atoms with Gasteiger partial charge in [-0.3, -0.25) is 0 Å². The maximum absolute atomic E-state index is 6.08. The van der Waals surface area contributed by atoms with E-state index < -0.39 is 0 Å². The molecule has 0 saturated heterocycles. The second kappa shape index (κ2) is 6.79. The van der Waals surface area contributed by atoms with E-state index in [9.17, 15) is 0 Å². The summed E-state index contributed by atoms with van der Waals surface area (Å²) in [5.41, 5.74) is 7.79. The largest absolute Gasteiger partial charge is 0.394 e. The third kappa shape index (κ3) is 3.56. The van der Waals surface area contributed by atoms with Gasteiger partial charge in [0.1, 0.15) is 5.82 Å². The summed E-state index contributed by atoms with van der Waals surface area (Å²) in [7, 11) is 0. The summed E-state index contributed by atoms with van der Waals surface area (Å²) >= 11 is 1.85. The van der Waals surface area contributed by atoms with Gasteiger partial charge in [0.05, 0.1) is 11.4 Å². The van der Waals surface area contributed by atoms with Gasteiger partial charge in [0, 0.05) is 18.3 Å². The number of aromatic nitrogens is 2. The molecule has 98 valence electrons. The van der Waals surface area contributed by atoms with Crippen molar-refractivity contribution >= 4 is 23.3 Å². The molecule has 1 heterocycles. The van der Waals surface area contributed by atoms with Crippen LogP contribution in [-0.4, -0.2) is 27.8 Å². The summed E-state index contributed by atoms with van der Waals surface area (Å²) in [6.07, 6.45) is 4.29. The Bertz CT molecular complexity index is 349. The van der Waals surface area contributed by atoms with Gasteiger partial charge in [-0.1, -0.05) is 13.8 Å². The van der Waals surface area contributed by atoms with E-state index in [1.165, 1.54) is 0 Å². The van der Waals surface area contributed by atoms with Gasteiger partial charge in [0.25, 0.3) is 0 Å². The molecule has 0 radical (unpaired) electrons. The molecule has 1 rings (SSSR count). The molecule has 0 aromatic carbocycles. The molecule has 4 nitrogen and oxygen atoms in total. The van der Waals surface area contributed by atoms with Crippen LogP contribution in [0.1, 0.15) is 32.4 Å². The van der Waals surface area contributed by atoms with Crippen molar-refractivity contribution in [2.45, 2.75) is 46.2 Å². The molecule has 1 atom stereocenters. The highest BCUT2D eigenvalue weighted by Crippen LogP contribution is 2.24. The van der Waals surface area contributed by atoms with Crippen molar-refractivity contribution in [2.24, 2.45) is 0 Å². The number of thioether (sulfide) groups is 1. The molecule has 0 fully saturated rings. The highest BCUT2D eigenvalue weighted by molar-refractivity contribution is 7.98. The highest BCUT2D eigenvalue weighted by Gasteiger charge is 2.15. The Hall–Kier alpha value is -0.840. The minimum absolute atomic E-state index is 0.457. The van der Waals surface area contributed by atoms with E-state index in [1.807, 2.05) is 23.4 Å². The molecule has 1 aromatic heterocycles. The second-order valence-electron chi connectivity index (χ2n) is 4.28. The lowest BCUT2D eigenvalue weighted by atomic mass is 10.2. The normalized spacial score (nSPS) is 12.7. The van der Waals surface area contributed by atoms with E-state index in [1.54, 1.807) is 0 Å². The van der Waals surface area contributed by atoms with Gasteiger partial charge in [0.15, 0.2) is 0 Å². The van der Waals surface area contributed by atoms with E-state index in [-0.39, 0.29) is 0 Å². The number of rotatable bonds is 7. The predicted octanol–water partition coefficient (Wildman–Crippen LogP) is 2.74. The number of nitrogens with zero attached hydrogens (tertiary/aromatic N) is 2. The molecule has 0 saturated carbocycles. The summed E-state index contributed by atoms with van der Waals surface area (Å²) in [6, 6.07) is 0.457. The highest BCUT2D eigenvalue weighted by atomic mass is 32.2. The third-order valence-electron chi connectivity index (χ3n) is 2.81. The first-order chi connectivity index (χ1) is 8.13. The van der Waals surface area contributed by atoms with Crippen molar-refractivity contribution in [1.29, 1.82) is 0 Å². The minimum atomic E-state index is 0.457. The summed E-state index contributed by atoms with van der Waals surface area (Å²) in [4.78, 5) is 0. The summed E-state index contributed by atoms with van der Waals surface area (Å²) in [5.74, 6) is 2.08. The quantitative estimate of drug-likeness (QED) is 0.787. The van der Waals surface area contributed by atoms with Gasteiger partial charge < -0.3 is 11.1 Å². The fraction of sp³-hybridized carbons (Fsp3) is 0.750. The zero-order valence-electron chi connectivity index (χ0n) is 11.3. The predicted molar refractivity (Wildman–Crippen MR) is 77.8 cm³/mol. The number of hydrogen-bond donors (Lipinski definition) is 2. The molecule has 0 aliphatic rings. The smallest absolute Gasteiger partial charge is 0.148 e. The van der Waals surface area contributed by atoms with Gasteiger partial charge in [-0.25, -0.2) is 4.68 Å². The SMILES string of the molecule is CCCn1nc(C)c(N)c1NC(CC)CSC. The van der Waals surface area contributed by atoms with E-state index in [0.29, 0.717) is 6.04 Å². The van der Waals surface area contributed by atoms with E-state index in [0.717, 1.165) is 42.3 Å². The molecule has 0 bridgehead atoms. The Kier molecular flexibility index (Phi) is 5.68. The lowest BCUT2D eigenvalue weighted by Crippen LogP contribution is -2.23. The average Bonchev–Trinajstić information content (AvgIpc) is 2.56. The van der Waals surface area contributed by atoms with Crippen LogP contribution < -0.4 is 11.1 Å². The average molecular weight is 256 g/mol. The zero-order chi connectivity index (χ0) is 12.8. The standard InChI is InChI=1S/C12H24N4S/c1-5-7-16-12(11(13)9(3)15-16)14-10(6-2)8-17-4/h10,14H,5-8,13H2,1-4H3. The number of nitrogens with two attached hydrogens (primary N) is 1. The maximum Gasteiger partial charge on any atom is 0.148 e. The Morgan fingerprint density at radius 1 is 1.47 bits per heavy atom. The second-order valence-corrected chi connectivity index (χ2v) is 5.19. The van der Waals surface area contributed by atoms with Crippen molar-refractivity contribution < 1.29 is 0 Å². The van der Waals surface area contributed by atoms with Crippen LogP contribution in [0, 0.1) is 6.92 Å². The molecule has 0 aliphatic heterocycles. The van der Waals surface area contributed by atoms with Crippen molar-refractivity contribution in [3.63, 3.8) is 0 Å². The van der Waals surface area contributed by atoms with E-state index in [4.69, 9.17) is 5.73 Å². The Labute approximate surface area is 108 Å². The van der Waals surface area contributed by atoms with Crippen LogP contribution >= 0.6 is 11.8 Å². The van der Waals surface area contributed by atoms with Crippen LogP contribution in [0.2, 0.25) is 0 Å². The minimum Gasteiger partial charge on any atom is -0.394 e. The molecule has 17 heavy (non-hydrogen) atoms. The number of anilines is 2. The molecule has 0 spiro atoms. The number of nitrogens with one attached hydrogen (secondary N) is 1. The first-order valence-electron chi connectivity index (χ1n) is 6.22. The number of nitrogen functional groups attached to an aromatic ring is 1. The molecule has 3 N–H and O–H groups in total. The molecule has 5 heteroatoms. The Balaban J connectivity index is 2.86. The Morgan fingerprint density at radius 3 is 2.71 bits per heavy atom. The van der Waals surface area contributed by atoms with Crippen molar-refractivity contribution in [1.82, 2.24) is 9.78 Å². The fourth-order valence-corrected chi connectivity index (χ4v) is 2.50. The summed E-state index contributed by atoms with van der Waals surface area (Å²) in [6.45, 7) is 7.21. The molecule has 0 aliphatic carbocycles. The fourth-order valence-electron chi connectivity index (χ4n) is 1.78.